The molecule has 0 aliphatic heterocycles. The minimum absolute atomic E-state index is 0. The summed E-state index contributed by atoms with van der Waals surface area (Å²) in [4.78, 5) is 25.2. The normalized spacial score (nSPS) is 11.7. The molecule has 7 nitrogen and oxygen atoms in total. The molecule has 0 bridgehead atoms. The molecule has 0 radical (unpaired) electrons. The molecule has 0 aliphatic carbocycles. The molecule has 1 rings (SSSR count). The van der Waals surface area contributed by atoms with Crippen molar-refractivity contribution in [2.45, 2.75) is 237 Å². The first kappa shape index (κ1) is 58.2. The molecule has 0 saturated carbocycles. The van der Waals surface area contributed by atoms with Crippen molar-refractivity contribution in [1.82, 2.24) is 0 Å². The topological polar surface area (TPSA) is 110 Å². The van der Waals surface area contributed by atoms with Crippen molar-refractivity contribution in [3.8, 4) is 0 Å². The van der Waals surface area contributed by atoms with Crippen LogP contribution in [-0.2, 0) is 19.6 Å². The third kappa shape index (κ3) is 34.4. The van der Waals surface area contributed by atoms with E-state index in [9.17, 15) is 22.6 Å². The van der Waals surface area contributed by atoms with E-state index in [-0.39, 0.29) is 70.2 Å². The van der Waals surface area contributed by atoms with Gasteiger partial charge in [-0.3, -0.25) is 0 Å². The Morgan fingerprint density at radius 1 is 0.475 bits per heavy atom. The molecule has 1 aromatic rings. The summed E-state index contributed by atoms with van der Waals surface area (Å²) in [7, 11) is -5.02. The fraction of sp³-hybridized carbons (Fsp3) is 0.760. The van der Waals surface area contributed by atoms with Gasteiger partial charge in [0.05, 0.1) is 29.2 Å². The van der Waals surface area contributed by atoms with Gasteiger partial charge in [-0.1, -0.05) is 198 Å². The van der Waals surface area contributed by atoms with Gasteiger partial charge in [0, 0.05) is 0 Å². The van der Waals surface area contributed by atoms with Crippen LogP contribution in [0.25, 0.3) is 0 Å². The van der Waals surface area contributed by atoms with Crippen LogP contribution in [0.2, 0.25) is 0 Å². The average Bonchev–Trinajstić information content (AvgIpc) is 3.21. The number of esters is 2. The van der Waals surface area contributed by atoms with E-state index in [1.54, 1.807) is 0 Å². The molecule has 0 fully saturated rings. The predicted molar refractivity (Wildman–Crippen MR) is 242 cm³/mol. The second kappa shape index (κ2) is 42.5. The Hall–Kier alpha value is -0.814. The van der Waals surface area contributed by atoms with Crippen LogP contribution >= 0.6 is 0 Å². The standard InChI is InChI=1S/C50H86O7S.K/c1-3-5-7-9-11-13-15-17-19-21-23-25-27-29-31-33-35-37-39-44-56-49(51)46-42-41-43-47(58(53,54)55)48(46)50(52)57-45-40-38-36-34-32-30-28-26-24-22-20-18-16-14-12-10-8-6-4-2;/h23-26,41-43H,3-22,27-40,44-45H2,1-2H3,(H,53,54,55);/q;+1/p-1/b25-23+,26-24+;. The Labute approximate surface area is 405 Å². The second-order valence-corrected chi connectivity index (χ2v) is 17.7. The van der Waals surface area contributed by atoms with Gasteiger partial charge in [0.1, 0.15) is 10.1 Å². The maximum Gasteiger partial charge on any atom is 1.00 e. The molecule has 0 spiro atoms. The van der Waals surface area contributed by atoms with Gasteiger partial charge in [-0.05, 0) is 76.3 Å². The molecule has 0 aromatic heterocycles. The summed E-state index contributed by atoms with van der Waals surface area (Å²) in [6.07, 6.45) is 50.4. The van der Waals surface area contributed by atoms with Gasteiger partial charge < -0.3 is 14.0 Å². The Bertz CT molecular complexity index is 1310. The molecule has 0 heterocycles. The zero-order chi connectivity index (χ0) is 42.2. The van der Waals surface area contributed by atoms with Crippen molar-refractivity contribution in [3.05, 3.63) is 53.6 Å². The molecule has 0 aliphatic rings. The average molecular weight is 869 g/mol. The van der Waals surface area contributed by atoms with Crippen LogP contribution in [0.4, 0.5) is 0 Å². The molecule has 0 atom stereocenters. The largest absolute Gasteiger partial charge is 1.00 e. The van der Waals surface area contributed by atoms with Gasteiger partial charge in [-0.15, -0.1) is 0 Å². The molecular formula is C50H85KO7S. The molecule has 9 heteroatoms. The molecule has 0 saturated heterocycles. The first-order valence-electron chi connectivity index (χ1n) is 24.1. The summed E-state index contributed by atoms with van der Waals surface area (Å²) in [5, 5.41) is 0. The van der Waals surface area contributed by atoms with Gasteiger partial charge in [0.2, 0.25) is 0 Å². The third-order valence-corrected chi connectivity index (χ3v) is 11.9. The Morgan fingerprint density at radius 2 is 0.780 bits per heavy atom. The van der Waals surface area contributed by atoms with E-state index < -0.39 is 32.5 Å². The zero-order valence-electron chi connectivity index (χ0n) is 38.3. The van der Waals surface area contributed by atoms with Gasteiger partial charge in [-0.2, -0.15) is 0 Å². The summed E-state index contributed by atoms with van der Waals surface area (Å²) >= 11 is 0. The second-order valence-electron chi connectivity index (χ2n) is 16.4. The minimum atomic E-state index is -5.02. The van der Waals surface area contributed by atoms with E-state index in [0.717, 1.165) is 63.9 Å². The maximum atomic E-state index is 13.0. The maximum absolute atomic E-state index is 13.0. The number of allylic oxidation sites excluding steroid dienone is 4. The molecule has 0 N–H and O–H groups in total. The molecule has 334 valence electrons. The zero-order valence-corrected chi connectivity index (χ0v) is 42.2. The van der Waals surface area contributed by atoms with Crippen molar-refractivity contribution >= 4 is 22.1 Å². The first-order valence-corrected chi connectivity index (χ1v) is 25.5. The summed E-state index contributed by atoms with van der Waals surface area (Å²) in [6, 6.07) is 3.62. The number of hydrogen-bond donors (Lipinski definition) is 0. The number of hydrogen-bond acceptors (Lipinski definition) is 7. The van der Waals surface area contributed by atoms with Crippen LogP contribution in [0.5, 0.6) is 0 Å². The van der Waals surface area contributed by atoms with E-state index in [1.807, 2.05) is 0 Å². The van der Waals surface area contributed by atoms with E-state index in [0.29, 0.717) is 12.8 Å². The molecule has 59 heavy (non-hydrogen) atoms. The number of unbranched alkanes of at least 4 members (excludes halogenated alkanes) is 30. The number of carbonyl (C=O) groups excluding carboxylic acids is 2. The van der Waals surface area contributed by atoms with Crippen LogP contribution in [-0.4, -0.2) is 38.1 Å². The third-order valence-electron chi connectivity index (χ3n) is 11.0. The Morgan fingerprint density at radius 3 is 1.12 bits per heavy atom. The fourth-order valence-electron chi connectivity index (χ4n) is 7.36. The Balaban J connectivity index is 0.0000336. The van der Waals surface area contributed by atoms with Gasteiger partial charge >= 0.3 is 63.3 Å². The van der Waals surface area contributed by atoms with Crippen molar-refractivity contribution in [2.24, 2.45) is 0 Å². The predicted octanol–water partition coefficient (Wildman–Crippen LogP) is 12.3. The van der Waals surface area contributed by atoms with Crippen LogP contribution in [0, 0.1) is 0 Å². The monoisotopic (exact) mass is 869 g/mol. The minimum Gasteiger partial charge on any atom is -0.744 e. The SMILES string of the molecule is CCCCCCCCCCC/C=C/CCCCCCCCOC(=O)c1cccc(S(=O)(=O)[O-])c1C(=O)OCCCCCCCC/C=C/CCCCCCCCCCC.[K+]. The fourth-order valence-corrected chi connectivity index (χ4v) is 8.05. The van der Waals surface area contributed by atoms with Gasteiger partial charge in [-0.25, -0.2) is 18.0 Å². The smallest absolute Gasteiger partial charge is 0.744 e. The summed E-state index contributed by atoms with van der Waals surface area (Å²) in [5.41, 5.74) is -0.787. The van der Waals surface area contributed by atoms with Crippen LogP contribution in [0.15, 0.2) is 47.4 Å². The Kier molecular flexibility index (Phi) is 41.9. The molecule has 1 aromatic carbocycles. The first-order chi connectivity index (χ1) is 28.3. The van der Waals surface area contributed by atoms with Crippen LogP contribution < -0.4 is 51.4 Å². The van der Waals surface area contributed by atoms with Crippen molar-refractivity contribution in [3.63, 3.8) is 0 Å². The molecule has 0 amide bonds. The van der Waals surface area contributed by atoms with Crippen molar-refractivity contribution < 1.29 is 83.4 Å². The summed E-state index contributed by atoms with van der Waals surface area (Å²) in [6.45, 7) is 4.76. The van der Waals surface area contributed by atoms with Crippen LogP contribution in [0.3, 0.4) is 0 Å². The number of carbonyl (C=O) groups is 2. The van der Waals surface area contributed by atoms with E-state index in [2.05, 4.69) is 38.2 Å². The molecule has 0 unspecified atom stereocenters. The van der Waals surface area contributed by atoms with Gasteiger partial charge in [0.15, 0.2) is 0 Å². The number of ether oxygens (including phenoxy) is 2. The van der Waals surface area contributed by atoms with Crippen molar-refractivity contribution in [2.75, 3.05) is 13.2 Å². The summed E-state index contributed by atoms with van der Waals surface area (Å²) in [5.74, 6) is -1.82. The van der Waals surface area contributed by atoms with E-state index in [1.165, 1.54) is 160 Å². The number of benzene rings is 1. The van der Waals surface area contributed by atoms with E-state index >= 15 is 0 Å². The van der Waals surface area contributed by atoms with Crippen molar-refractivity contribution in [1.29, 1.82) is 0 Å². The molecular weight excluding hydrogens is 784 g/mol. The quantitative estimate of drug-likeness (QED) is 0.0212. The van der Waals surface area contributed by atoms with E-state index in [4.69, 9.17) is 9.47 Å². The summed E-state index contributed by atoms with van der Waals surface area (Å²) < 4.78 is 46.8. The number of rotatable bonds is 41. The van der Waals surface area contributed by atoms with Crippen LogP contribution in [0.1, 0.15) is 253 Å². The van der Waals surface area contributed by atoms with Gasteiger partial charge in [0.25, 0.3) is 0 Å².